The molecule has 18 heavy (non-hydrogen) atoms. The molecule has 0 amide bonds. The van der Waals surface area contributed by atoms with Crippen LogP contribution in [-0.2, 0) is 11.2 Å². The van der Waals surface area contributed by atoms with Gasteiger partial charge in [0.2, 0.25) is 0 Å². The molecule has 2 nitrogen and oxygen atoms in total. The fraction of sp³-hybridized carbons (Fsp3) is 0.250. The van der Waals surface area contributed by atoms with Crippen molar-refractivity contribution >= 4 is 5.97 Å². The third-order valence-corrected chi connectivity index (χ3v) is 2.18. The Labute approximate surface area is 101 Å². The van der Waals surface area contributed by atoms with Crippen LogP contribution in [-0.4, -0.2) is 12.6 Å². The van der Waals surface area contributed by atoms with Gasteiger partial charge in [0.1, 0.15) is 5.56 Å². The van der Waals surface area contributed by atoms with Gasteiger partial charge in [0.25, 0.3) is 0 Å². The SMILES string of the molecule is C=CCc1c(F)c(F)c(C(=O)OCC)c(F)c1F. The minimum atomic E-state index is -1.76. The van der Waals surface area contributed by atoms with Gasteiger partial charge in [-0.15, -0.1) is 6.58 Å². The summed E-state index contributed by atoms with van der Waals surface area (Å²) in [6, 6.07) is 0. The highest BCUT2D eigenvalue weighted by atomic mass is 19.2. The van der Waals surface area contributed by atoms with Gasteiger partial charge in [-0.25, -0.2) is 22.4 Å². The smallest absolute Gasteiger partial charge is 0.344 e. The third-order valence-electron chi connectivity index (χ3n) is 2.18. The molecule has 0 fully saturated rings. The minimum Gasteiger partial charge on any atom is -0.462 e. The standard InChI is InChI=1S/C12H10F4O2/c1-3-5-6-8(13)10(15)7(11(16)9(6)14)12(17)18-4-2/h3H,1,4-5H2,2H3. The van der Waals surface area contributed by atoms with Crippen LogP contribution in [0.15, 0.2) is 12.7 Å². The zero-order chi connectivity index (χ0) is 13.9. The fourth-order valence-electron chi connectivity index (χ4n) is 1.38. The molecule has 1 rings (SSSR count). The topological polar surface area (TPSA) is 26.3 Å². The zero-order valence-corrected chi connectivity index (χ0v) is 9.53. The Morgan fingerprint density at radius 3 is 2.06 bits per heavy atom. The number of esters is 1. The van der Waals surface area contributed by atoms with Crippen LogP contribution in [0.25, 0.3) is 0 Å². The maximum absolute atomic E-state index is 13.5. The first kappa shape index (κ1) is 14.2. The van der Waals surface area contributed by atoms with Crippen molar-refractivity contribution in [1.82, 2.24) is 0 Å². The van der Waals surface area contributed by atoms with Crippen LogP contribution in [0.2, 0.25) is 0 Å². The molecule has 0 heterocycles. The van der Waals surface area contributed by atoms with Gasteiger partial charge in [0.15, 0.2) is 23.3 Å². The summed E-state index contributed by atoms with van der Waals surface area (Å²) in [5.74, 6) is -8.20. The summed E-state index contributed by atoms with van der Waals surface area (Å²) in [7, 11) is 0. The van der Waals surface area contributed by atoms with Gasteiger partial charge in [-0.2, -0.15) is 0 Å². The number of carbonyl (C=O) groups is 1. The highest BCUT2D eigenvalue weighted by Crippen LogP contribution is 2.25. The second kappa shape index (κ2) is 5.66. The second-order valence-electron chi connectivity index (χ2n) is 3.32. The molecule has 0 saturated carbocycles. The average Bonchev–Trinajstić information content (AvgIpc) is 2.33. The number of halogens is 4. The summed E-state index contributed by atoms with van der Waals surface area (Å²) in [4.78, 5) is 11.2. The number of rotatable bonds is 4. The molecule has 0 saturated heterocycles. The van der Waals surface area contributed by atoms with Crippen LogP contribution in [0.3, 0.4) is 0 Å². The number of benzene rings is 1. The van der Waals surface area contributed by atoms with E-state index < -0.39 is 46.8 Å². The van der Waals surface area contributed by atoms with Crippen molar-refractivity contribution in [1.29, 1.82) is 0 Å². The minimum absolute atomic E-state index is 0.171. The summed E-state index contributed by atoms with van der Waals surface area (Å²) in [6.45, 7) is 4.44. The van der Waals surface area contributed by atoms with E-state index in [0.29, 0.717) is 0 Å². The van der Waals surface area contributed by atoms with Gasteiger partial charge < -0.3 is 4.74 Å². The van der Waals surface area contributed by atoms with Gasteiger partial charge >= 0.3 is 5.97 Å². The second-order valence-corrected chi connectivity index (χ2v) is 3.32. The van der Waals surface area contributed by atoms with Gasteiger partial charge in [-0.05, 0) is 13.3 Å². The lowest BCUT2D eigenvalue weighted by Gasteiger charge is -2.10. The monoisotopic (exact) mass is 262 g/mol. The molecule has 0 spiro atoms. The Balaban J connectivity index is 3.47. The van der Waals surface area contributed by atoms with Crippen LogP contribution in [0.4, 0.5) is 17.6 Å². The number of carbonyl (C=O) groups excluding carboxylic acids is 1. The summed E-state index contributed by atoms with van der Waals surface area (Å²) < 4.78 is 58.2. The van der Waals surface area contributed by atoms with Crippen molar-refractivity contribution < 1.29 is 27.1 Å². The number of ether oxygens (including phenoxy) is 1. The Morgan fingerprint density at radius 1 is 1.17 bits per heavy atom. The van der Waals surface area contributed by atoms with Crippen LogP contribution in [0, 0.1) is 23.3 Å². The highest BCUT2D eigenvalue weighted by molar-refractivity contribution is 5.90. The largest absolute Gasteiger partial charge is 0.462 e. The summed E-state index contributed by atoms with van der Waals surface area (Å²) in [6.07, 6.45) is 0.693. The van der Waals surface area contributed by atoms with E-state index in [1.165, 1.54) is 6.92 Å². The molecule has 0 aliphatic carbocycles. The van der Waals surface area contributed by atoms with E-state index >= 15 is 0 Å². The predicted octanol–water partition coefficient (Wildman–Crippen LogP) is 3.15. The Hall–Kier alpha value is -1.85. The molecule has 1 aromatic rings. The van der Waals surface area contributed by atoms with E-state index in [1.807, 2.05) is 0 Å². The molecular weight excluding hydrogens is 252 g/mol. The van der Waals surface area contributed by atoms with E-state index in [4.69, 9.17) is 0 Å². The Kier molecular flexibility index (Phi) is 4.47. The molecule has 98 valence electrons. The first-order valence-corrected chi connectivity index (χ1v) is 5.08. The molecule has 0 atom stereocenters. The molecule has 0 bridgehead atoms. The maximum Gasteiger partial charge on any atom is 0.344 e. The van der Waals surface area contributed by atoms with Gasteiger partial charge in [0.05, 0.1) is 6.61 Å². The lowest BCUT2D eigenvalue weighted by molar-refractivity contribution is 0.0512. The summed E-state index contributed by atoms with van der Waals surface area (Å²) in [5.41, 5.74) is -2.17. The van der Waals surface area contributed by atoms with Gasteiger partial charge in [-0.1, -0.05) is 6.08 Å². The van der Waals surface area contributed by atoms with E-state index in [2.05, 4.69) is 11.3 Å². The molecule has 6 heteroatoms. The molecule has 0 aliphatic heterocycles. The van der Waals surface area contributed by atoms with Crippen LogP contribution in [0.1, 0.15) is 22.8 Å². The number of hydrogen-bond donors (Lipinski definition) is 0. The lowest BCUT2D eigenvalue weighted by Crippen LogP contribution is -2.15. The molecule has 0 unspecified atom stereocenters. The molecule has 1 aromatic carbocycles. The van der Waals surface area contributed by atoms with E-state index in [1.54, 1.807) is 0 Å². The van der Waals surface area contributed by atoms with Crippen molar-refractivity contribution in [2.24, 2.45) is 0 Å². The van der Waals surface area contributed by atoms with Crippen LogP contribution >= 0.6 is 0 Å². The summed E-state index contributed by atoms with van der Waals surface area (Å²) in [5, 5.41) is 0. The fourth-order valence-corrected chi connectivity index (χ4v) is 1.38. The summed E-state index contributed by atoms with van der Waals surface area (Å²) >= 11 is 0. The predicted molar refractivity (Wildman–Crippen MR) is 56.1 cm³/mol. The first-order chi connectivity index (χ1) is 8.45. The van der Waals surface area contributed by atoms with Gasteiger partial charge in [0, 0.05) is 5.56 Å². The quantitative estimate of drug-likeness (QED) is 0.360. The van der Waals surface area contributed by atoms with E-state index in [0.717, 1.165) is 6.08 Å². The Morgan fingerprint density at radius 2 is 1.67 bits per heavy atom. The highest BCUT2D eigenvalue weighted by Gasteiger charge is 2.29. The molecule has 0 aromatic heterocycles. The first-order valence-electron chi connectivity index (χ1n) is 5.08. The average molecular weight is 262 g/mol. The van der Waals surface area contributed by atoms with E-state index in [9.17, 15) is 22.4 Å². The Bertz CT molecular complexity index is 468. The van der Waals surface area contributed by atoms with Crippen molar-refractivity contribution in [2.45, 2.75) is 13.3 Å². The normalized spacial score (nSPS) is 10.3. The van der Waals surface area contributed by atoms with E-state index in [-0.39, 0.29) is 6.61 Å². The maximum atomic E-state index is 13.5. The molecule has 0 N–H and O–H groups in total. The number of allylic oxidation sites excluding steroid dienone is 1. The lowest BCUT2D eigenvalue weighted by atomic mass is 10.1. The van der Waals surface area contributed by atoms with Crippen molar-refractivity contribution in [3.8, 4) is 0 Å². The van der Waals surface area contributed by atoms with Crippen LogP contribution in [0.5, 0.6) is 0 Å². The number of hydrogen-bond acceptors (Lipinski definition) is 2. The van der Waals surface area contributed by atoms with Crippen LogP contribution < -0.4 is 0 Å². The molecule has 0 radical (unpaired) electrons. The molecule has 0 aliphatic rings. The van der Waals surface area contributed by atoms with Crippen molar-refractivity contribution in [3.63, 3.8) is 0 Å². The van der Waals surface area contributed by atoms with Gasteiger partial charge in [-0.3, -0.25) is 0 Å². The molecular formula is C12H10F4O2. The zero-order valence-electron chi connectivity index (χ0n) is 9.53. The third kappa shape index (κ3) is 2.37. The van der Waals surface area contributed by atoms with Crippen molar-refractivity contribution in [3.05, 3.63) is 47.1 Å². The van der Waals surface area contributed by atoms with Crippen molar-refractivity contribution in [2.75, 3.05) is 6.61 Å².